The zero-order valence-corrected chi connectivity index (χ0v) is 12.7. The maximum Gasteiger partial charge on any atom is 0.241 e. The van der Waals surface area contributed by atoms with Crippen LogP contribution >= 0.6 is 0 Å². The summed E-state index contributed by atoms with van der Waals surface area (Å²) in [6.45, 7) is 2.47. The number of aryl methyl sites for hydroxylation is 1. The number of unbranched alkanes of at least 4 members (excludes halogenated alkanes) is 1. The van der Waals surface area contributed by atoms with Gasteiger partial charge in [0.15, 0.2) is 5.78 Å². The first-order valence-corrected chi connectivity index (χ1v) is 8.15. The normalized spacial score (nSPS) is 29.0. The first kappa shape index (κ1) is 13.7. The number of imide groups is 1. The Morgan fingerprint density at radius 2 is 2.09 bits per heavy atom. The van der Waals surface area contributed by atoms with Gasteiger partial charge in [-0.15, -0.1) is 0 Å². The molecule has 1 aliphatic heterocycles. The smallest absolute Gasteiger partial charge is 0.241 e. The van der Waals surface area contributed by atoms with Gasteiger partial charge in [-0.05, 0) is 36.8 Å². The number of benzene rings is 1. The van der Waals surface area contributed by atoms with Crippen LogP contribution in [0.3, 0.4) is 0 Å². The van der Waals surface area contributed by atoms with Crippen LogP contribution in [0, 0.1) is 5.92 Å². The molecule has 4 heteroatoms. The molecule has 1 saturated heterocycles. The van der Waals surface area contributed by atoms with Crippen LogP contribution in [0.25, 0.3) is 0 Å². The Hall–Kier alpha value is -1.97. The Bertz CT molecular complexity index is 708. The molecule has 2 aliphatic carbocycles. The minimum atomic E-state index is -0.883. The first-order valence-electron chi connectivity index (χ1n) is 8.15. The molecule has 1 aromatic rings. The van der Waals surface area contributed by atoms with Crippen molar-refractivity contribution in [3.63, 3.8) is 0 Å². The minimum Gasteiger partial charge on any atom is -0.293 e. The zero-order chi connectivity index (χ0) is 15.5. The number of Topliss-reactive ketones (excluding diaryl/α,β-unsaturated/α-hetero) is 1. The summed E-state index contributed by atoms with van der Waals surface area (Å²) in [5.41, 5.74) is 1.68. The van der Waals surface area contributed by atoms with E-state index in [1.165, 1.54) is 4.90 Å². The quantitative estimate of drug-likeness (QED) is 0.635. The third-order valence-electron chi connectivity index (χ3n) is 5.51. The van der Waals surface area contributed by atoms with Crippen LogP contribution in [0.2, 0.25) is 0 Å². The number of ketones is 1. The lowest BCUT2D eigenvalue weighted by Crippen LogP contribution is -2.42. The van der Waals surface area contributed by atoms with Crippen LogP contribution in [0.5, 0.6) is 0 Å². The lowest BCUT2D eigenvalue weighted by atomic mass is 9.67. The van der Waals surface area contributed by atoms with Crippen LogP contribution in [0.15, 0.2) is 18.2 Å². The Morgan fingerprint density at radius 3 is 2.86 bits per heavy atom. The standard InChI is InChI=1S/C18H19NO3/c1-2-3-10-19-16(21)14-15(20)12-8-4-6-11-7-5-9-18(14,13(11)12)17(19)22/h4,6,8,14H,2-3,5,7,9-10H2,1H3. The van der Waals surface area contributed by atoms with Crippen molar-refractivity contribution in [3.8, 4) is 0 Å². The molecule has 22 heavy (non-hydrogen) atoms. The molecule has 0 radical (unpaired) electrons. The SMILES string of the molecule is CCCCN1C(=O)C2C(=O)c3cccc4c3C2(CCC4)C1=O. The lowest BCUT2D eigenvalue weighted by molar-refractivity contribution is -0.140. The summed E-state index contributed by atoms with van der Waals surface area (Å²) < 4.78 is 0. The third-order valence-corrected chi connectivity index (χ3v) is 5.51. The van der Waals surface area contributed by atoms with E-state index >= 15 is 0 Å². The summed E-state index contributed by atoms with van der Waals surface area (Å²) in [6, 6.07) is 5.65. The van der Waals surface area contributed by atoms with Crippen molar-refractivity contribution >= 4 is 17.6 Å². The molecule has 0 N–H and O–H groups in total. The first-order chi connectivity index (χ1) is 10.6. The number of carbonyl (C=O) groups excluding carboxylic acids is 3. The van der Waals surface area contributed by atoms with Crippen molar-refractivity contribution in [2.24, 2.45) is 5.92 Å². The van der Waals surface area contributed by atoms with Gasteiger partial charge in [0.2, 0.25) is 11.8 Å². The van der Waals surface area contributed by atoms with Crippen LogP contribution in [0.4, 0.5) is 0 Å². The topological polar surface area (TPSA) is 54.5 Å². The van der Waals surface area contributed by atoms with E-state index in [1.807, 2.05) is 19.1 Å². The summed E-state index contributed by atoms with van der Waals surface area (Å²) >= 11 is 0. The Morgan fingerprint density at radius 1 is 1.27 bits per heavy atom. The van der Waals surface area contributed by atoms with Gasteiger partial charge in [-0.1, -0.05) is 31.5 Å². The molecular formula is C18H19NO3. The molecule has 3 aliphatic rings. The predicted octanol–water partition coefficient (Wildman–Crippen LogP) is 2.24. The van der Waals surface area contributed by atoms with Gasteiger partial charge in [0.25, 0.3) is 0 Å². The van der Waals surface area contributed by atoms with Gasteiger partial charge in [-0.25, -0.2) is 0 Å². The van der Waals surface area contributed by atoms with E-state index in [0.717, 1.165) is 36.8 Å². The molecule has 2 amide bonds. The molecule has 1 heterocycles. The highest BCUT2D eigenvalue weighted by atomic mass is 16.2. The maximum absolute atomic E-state index is 13.1. The predicted molar refractivity (Wildman–Crippen MR) is 80.5 cm³/mol. The number of hydrogen-bond donors (Lipinski definition) is 0. The second-order valence-electron chi connectivity index (χ2n) is 6.61. The largest absolute Gasteiger partial charge is 0.293 e. The second-order valence-corrected chi connectivity index (χ2v) is 6.61. The molecule has 1 spiro atoms. The summed E-state index contributed by atoms with van der Waals surface area (Å²) in [5.74, 6) is -1.34. The van der Waals surface area contributed by atoms with Gasteiger partial charge in [-0.3, -0.25) is 19.3 Å². The van der Waals surface area contributed by atoms with Gasteiger partial charge in [0, 0.05) is 12.1 Å². The monoisotopic (exact) mass is 297 g/mol. The highest BCUT2D eigenvalue weighted by Gasteiger charge is 2.68. The molecule has 114 valence electrons. The molecule has 0 bridgehead atoms. The average Bonchev–Trinajstić information content (AvgIpc) is 2.90. The van der Waals surface area contributed by atoms with Crippen molar-refractivity contribution in [1.29, 1.82) is 0 Å². The molecule has 1 aromatic carbocycles. The molecule has 4 nitrogen and oxygen atoms in total. The third kappa shape index (κ3) is 1.40. The van der Waals surface area contributed by atoms with Crippen molar-refractivity contribution < 1.29 is 14.4 Å². The molecule has 4 rings (SSSR count). The van der Waals surface area contributed by atoms with Gasteiger partial charge in [-0.2, -0.15) is 0 Å². The molecule has 0 saturated carbocycles. The summed E-state index contributed by atoms with van der Waals surface area (Å²) in [5, 5.41) is 0. The van der Waals surface area contributed by atoms with E-state index in [-0.39, 0.29) is 17.6 Å². The van der Waals surface area contributed by atoms with Gasteiger partial charge in [0.05, 0.1) is 5.41 Å². The average molecular weight is 297 g/mol. The summed E-state index contributed by atoms with van der Waals surface area (Å²) in [6.07, 6.45) is 4.09. The van der Waals surface area contributed by atoms with E-state index in [9.17, 15) is 14.4 Å². The Kier molecular flexibility index (Phi) is 2.80. The lowest BCUT2D eigenvalue weighted by Gasteiger charge is -2.32. The number of carbonyl (C=O) groups is 3. The molecule has 2 atom stereocenters. The number of nitrogens with zero attached hydrogens (tertiary/aromatic N) is 1. The number of amides is 2. The van der Waals surface area contributed by atoms with Crippen molar-refractivity contribution in [1.82, 2.24) is 4.90 Å². The fourth-order valence-electron chi connectivity index (χ4n) is 4.58. The van der Waals surface area contributed by atoms with Crippen LogP contribution in [-0.4, -0.2) is 29.0 Å². The maximum atomic E-state index is 13.1. The highest BCUT2D eigenvalue weighted by molar-refractivity contribution is 6.27. The summed E-state index contributed by atoms with van der Waals surface area (Å²) in [7, 11) is 0. The van der Waals surface area contributed by atoms with Crippen molar-refractivity contribution in [2.45, 2.75) is 44.4 Å². The fraction of sp³-hybridized carbons (Fsp3) is 0.500. The van der Waals surface area contributed by atoms with Crippen LogP contribution < -0.4 is 0 Å². The molecular weight excluding hydrogens is 278 g/mol. The molecule has 0 aromatic heterocycles. The van der Waals surface area contributed by atoms with Crippen molar-refractivity contribution in [3.05, 3.63) is 34.9 Å². The van der Waals surface area contributed by atoms with E-state index in [0.29, 0.717) is 18.5 Å². The number of hydrogen-bond acceptors (Lipinski definition) is 3. The zero-order valence-electron chi connectivity index (χ0n) is 12.7. The number of likely N-dealkylation sites (tertiary alicyclic amines) is 1. The van der Waals surface area contributed by atoms with Crippen LogP contribution in [0.1, 0.15) is 54.1 Å². The highest BCUT2D eigenvalue weighted by Crippen LogP contribution is 2.55. The fourth-order valence-corrected chi connectivity index (χ4v) is 4.58. The number of rotatable bonds is 3. The molecule has 2 unspecified atom stereocenters. The minimum absolute atomic E-state index is 0.129. The van der Waals surface area contributed by atoms with E-state index < -0.39 is 11.3 Å². The van der Waals surface area contributed by atoms with Gasteiger partial charge < -0.3 is 0 Å². The van der Waals surface area contributed by atoms with E-state index in [1.54, 1.807) is 6.07 Å². The summed E-state index contributed by atoms with van der Waals surface area (Å²) in [4.78, 5) is 40.0. The van der Waals surface area contributed by atoms with Crippen molar-refractivity contribution in [2.75, 3.05) is 6.54 Å². The molecule has 1 fully saturated rings. The van der Waals surface area contributed by atoms with E-state index in [4.69, 9.17) is 0 Å². The van der Waals surface area contributed by atoms with Crippen LogP contribution in [-0.2, 0) is 21.4 Å². The van der Waals surface area contributed by atoms with E-state index in [2.05, 4.69) is 0 Å². The Balaban J connectivity index is 1.90. The second kappa shape index (κ2) is 4.51. The van der Waals surface area contributed by atoms with Gasteiger partial charge >= 0.3 is 0 Å². The van der Waals surface area contributed by atoms with Gasteiger partial charge in [0.1, 0.15) is 5.92 Å². The Labute approximate surface area is 129 Å².